The van der Waals surface area contributed by atoms with Crippen molar-refractivity contribution in [1.29, 1.82) is 0 Å². The normalized spacial score (nSPS) is 12.8. The number of benzene rings is 3. The highest BCUT2D eigenvalue weighted by Crippen LogP contribution is 2.34. The molecule has 0 aliphatic carbocycles. The van der Waals surface area contributed by atoms with Gasteiger partial charge in [-0.1, -0.05) is 60.0 Å². The Hall–Kier alpha value is -3.27. The first-order valence-corrected chi connectivity index (χ1v) is 15.8. The van der Waals surface area contributed by atoms with Crippen molar-refractivity contribution < 1.29 is 22.7 Å². The fraction of sp³-hybridized carbons (Fsp3) is 0.355. The Balaban J connectivity index is 2.13. The second-order valence-electron chi connectivity index (χ2n) is 10.2. The van der Waals surface area contributed by atoms with Crippen molar-refractivity contribution in [2.24, 2.45) is 0 Å². The number of carbonyl (C=O) groups is 2. The third-order valence-corrected chi connectivity index (χ3v) is 9.53. The van der Waals surface area contributed by atoms with Gasteiger partial charge in [0.2, 0.25) is 11.8 Å². The predicted octanol–water partition coefficient (Wildman–Crippen LogP) is 6.15. The van der Waals surface area contributed by atoms with E-state index in [4.69, 9.17) is 27.9 Å². The fourth-order valence-electron chi connectivity index (χ4n) is 4.25. The second-order valence-corrected chi connectivity index (χ2v) is 12.9. The van der Waals surface area contributed by atoms with E-state index in [-0.39, 0.29) is 34.8 Å². The van der Waals surface area contributed by atoms with Crippen LogP contribution in [0.2, 0.25) is 10.0 Å². The maximum absolute atomic E-state index is 14.2. The molecule has 11 heteroatoms. The van der Waals surface area contributed by atoms with Crippen LogP contribution >= 0.6 is 23.2 Å². The van der Waals surface area contributed by atoms with Gasteiger partial charge in [-0.2, -0.15) is 0 Å². The Bertz CT molecular complexity index is 1510. The molecule has 0 saturated heterocycles. The van der Waals surface area contributed by atoms with Crippen molar-refractivity contribution in [1.82, 2.24) is 10.2 Å². The molecule has 3 rings (SSSR count). The van der Waals surface area contributed by atoms with Crippen molar-refractivity contribution in [3.05, 3.63) is 87.4 Å². The van der Waals surface area contributed by atoms with Gasteiger partial charge in [0.05, 0.1) is 17.7 Å². The third-order valence-electron chi connectivity index (χ3n) is 7.05. The van der Waals surface area contributed by atoms with Crippen LogP contribution in [-0.2, 0) is 26.2 Å². The van der Waals surface area contributed by atoms with E-state index in [0.29, 0.717) is 22.0 Å². The first-order valence-electron chi connectivity index (χ1n) is 13.6. The molecule has 2 amide bonds. The lowest BCUT2D eigenvalue weighted by Gasteiger charge is -2.33. The summed E-state index contributed by atoms with van der Waals surface area (Å²) in [5, 5.41) is 3.54. The molecule has 42 heavy (non-hydrogen) atoms. The number of halogens is 2. The SMILES string of the molecule is CC[C@@H](C)NC(=O)[C@H](C)N(Cc1c(Cl)cccc1Cl)C(=O)CN(c1cc(C)ccc1OC)S(=O)(=O)c1ccc(C)cc1. The van der Waals surface area contributed by atoms with Crippen LogP contribution in [-0.4, -0.2) is 50.9 Å². The molecule has 0 aromatic heterocycles. The smallest absolute Gasteiger partial charge is 0.264 e. The molecule has 0 aliphatic heterocycles. The van der Waals surface area contributed by atoms with E-state index in [1.54, 1.807) is 55.5 Å². The van der Waals surface area contributed by atoms with Gasteiger partial charge in [0, 0.05) is 28.2 Å². The second kappa shape index (κ2) is 14.3. The number of carbonyl (C=O) groups excluding carboxylic acids is 2. The van der Waals surface area contributed by atoms with Crippen molar-refractivity contribution in [3.8, 4) is 5.75 Å². The minimum Gasteiger partial charge on any atom is -0.495 e. The zero-order valence-corrected chi connectivity index (χ0v) is 27.0. The average molecular weight is 635 g/mol. The maximum atomic E-state index is 14.2. The number of anilines is 1. The first kappa shape index (κ1) is 33.2. The zero-order valence-electron chi connectivity index (χ0n) is 24.6. The highest BCUT2D eigenvalue weighted by Gasteiger charge is 2.34. The molecule has 3 aromatic rings. The number of rotatable bonds is 12. The average Bonchev–Trinajstić information content (AvgIpc) is 2.95. The molecule has 8 nitrogen and oxygen atoms in total. The number of hydrogen-bond donors (Lipinski definition) is 1. The number of nitrogens with one attached hydrogen (secondary N) is 1. The molecule has 1 N–H and O–H groups in total. The lowest BCUT2D eigenvalue weighted by Crippen LogP contribution is -2.52. The van der Waals surface area contributed by atoms with Crippen LogP contribution in [0.25, 0.3) is 0 Å². The summed E-state index contributed by atoms with van der Waals surface area (Å²) in [6.45, 7) is 8.33. The van der Waals surface area contributed by atoms with Crippen LogP contribution in [0, 0.1) is 13.8 Å². The van der Waals surface area contributed by atoms with Gasteiger partial charge in [-0.05, 0) is 76.1 Å². The molecule has 3 aromatic carbocycles. The number of ether oxygens (including phenoxy) is 1. The first-order chi connectivity index (χ1) is 19.8. The zero-order chi connectivity index (χ0) is 31.2. The predicted molar refractivity (Wildman–Crippen MR) is 168 cm³/mol. The summed E-state index contributed by atoms with van der Waals surface area (Å²) in [5.74, 6) is -0.744. The van der Waals surface area contributed by atoms with Gasteiger partial charge in [0.1, 0.15) is 18.3 Å². The Morgan fingerprint density at radius 1 is 0.952 bits per heavy atom. The van der Waals surface area contributed by atoms with Crippen molar-refractivity contribution in [2.75, 3.05) is 18.0 Å². The third kappa shape index (κ3) is 7.76. The fourth-order valence-corrected chi connectivity index (χ4v) is 6.18. The van der Waals surface area contributed by atoms with Crippen molar-refractivity contribution >= 4 is 50.7 Å². The molecule has 0 radical (unpaired) electrons. The van der Waals surface area contributed by atoms with Gasteiger partial charge in [0.25, 0.3) is 10.0 Å². The summed E-state index contributed by atoms with van der Waals surface area (Å²) < 4.78 is 34.8. The summed E-state index contributed by atoms with van der Waals surface area (Å²) in [4.78, 5) is 28.7. The van der Waals surface area contributed by atoms with Gasteiger partial charge in [0.15, 0.2) is 0 Å². The Labute approximate surface area is 258 Å². The van der Waals surface area contributed by atoms with Crippen molar-refractivity contribution in [2.45, 2.75) is 64.6 Å². The van der Waals surface area contributed by atoms with Gasteiger partial charge in [-0.25, -0.2) is 8.42 Å². The molecule has 0 unspecified atom stereocenters. The molecule has 0 aliphatic rings. The minimum atomic E-state index is -4.25. The number of amides is 2. The Morgan fingerprint density at radius 2 is 1.55 bits per heavy atom. The van der Waals surface area contributed by atoms with E-state index < -0.39 is 28.5 Å². The largest absolute Gasteiger partial charge is 0.495 e. The molecule has 0 heterocycles. The lowest BCUT2D eigenvalue weighted by atomic mass is 10.1. The summed E-state index contributed by atoms with van der Waals surface area (Å²) in [6.07, 6.45) is 0.693. The van der Waals surface area contributed by atoms with E-state index >= 15 is 0 Å². The number of sulfonamides is 1. The Kier molecular flexibility index (Phi) is 11.3. The molecule has 2 atom stereocenters. The van der Waals surface area contributed by atoms with Crippen LogP contribution in [0.1, 0.15) is 43.9 Å². The van der Waals surface area contributed by atoms with Gasteiger partial charge in [-0.15, -0.1) is 0 Å². The molecule has 0 fully saturated rings. The van der Waals surface area contributed by atoms with E-state index in [2.05, 4.69) is 5.32 Å². The van der Waals surface area contributed by atoms with Gasteiger partial charge < -0.3 is 15.0 Å². The summed E-state index contributed by atoms with van der Waals surface area (Å²) in [6, 6.07) is 15.3. The topological polar surface area (TPSA) is 96.0 Å². The maximum Gasteiger partial charge on any atom is 0.264 e. The molecule has 226 valence electrons. The number of aryl methyl sites for hydroxylation is 2. The number of methoxy groups -OCH3 is 1. The molecule has 0 saturated carbocycles. The van der Waals surface area contributed by atoms with Crippen LogP contribution < -0.4 is 14.4 Å². The molecular weight excluding hydrogens is 597 g/mol. The van der Waals surface area contributed by atoms with Crippen LogP contribution in [0.15, 0.2) is 65.6 Å². The van der Waals surface area contributed by atoms with Crippen molar-refractivity contribution in [3.63, 3.8) is 0 Å². The standard InChI is InChI=1S/C31H37Cl2N3O5S/c1-7-22(4)34-31(38)23(5)35(18-25-26(32)9-8-10-27(25)33)30(37)19-36(28-17-21(3)13-16-29(28)41-6)42(39,40)24-14-11-20(2)12-15-24/h8-17,22-23H,7,18-19H2,1-6H3,(H,34,38)/t22-,23+/m1/s1. The number of nitrogens with zero attached hydrogens (tertiary/aromatic N) is 2. The van der Waals surface area contributed by atoms with Crippen LogP contribution in [0.3, 0.4) is 0 Å². The summed E-state index contributed by atoms with van der Waals surface area (Å²) >= 11 is 12.9. The quantitative estimate of drug-likeness (QED) is 0.258. The molecule has 0 spiro atoms. The van der Waals surface area contributed by atoms with Gasteiger partial charge >= 0.3 is 0 Å². The highest BCUT2D eigenvalue weighted by atomic mass is 35.5. The lowest BCUT2D eigenvalue weighted by molar-refractivity contribution is -0.139. The summed E-state index contributed by atoms with van der Waals surface area (Å²) in [5.41, 5.74) is 2.29. The Morgan fingerprint density at radius 3 is 2.12 bits per heavy atom. The van der Waals surface area contributed by atoms with E-state index in [0.717, 1.165) is 15.4 Å². The van der Waals surface area contributed by atoms with E-state index in [1.807, 2.05) is 27.7 Å². The monoisotopic (exact) mass is 633 g/mol. The van der Waals surface area contributed by atoms with E-state index in [1.165, 1.54) is 24.1 Å². The summed E-state index contributed by atoms with van der Waals surface area (Å²) in [7, 11) is -2.82. The molecular formula is C31H37Cl2N3O5S. The van der Waals surface area contributed by atoms with E-state index in [9.17, 15) is 18.0 Å². The molecule has 0 bridgehead atoms. The highest BCUT2D eigenvalue weighted by molar-refractivity contribution is 7.92. The minimum absolute atomic E-state index is 0.00715. The van der Waals surface area contributed by atoms with Gasteiger partial charge in [-0.3, -0.25) is 13.9 Å². The van der Waals surface area contributed by atoms with Crippen LogP contribution in [0.4, 0.5) is 5.69 Å². The van der Waals surface area contributed by atoms with Crippen LogP contribution in [0.5, 0.6) is 5.75 Å². The number of hydrogen-bond acceptors (Lipinski definition) is 5.